The molecule has 0 aliphatic carbocycles. The number of nitrogens with zero attached hydrogens (tertiary/aromatic N) is 2. The van der Waals surface area contributed by atoms with Crippen molar-refractivity contribution in [2.45, 2.75) is 19.9 Å². The summed E-state index contributed by atoms with van der Waals surface area (Å²) in [5, 5.41) is 8.97. The normalized spacial score (nSPS) is 26.2. The highest BCUT2D eigenvalue weighted by molar-refractivity contribution is 5.14. The molecule has 0 amide bonds. The molecule has 2 atom stereocenters. The monoisotopic (exact) mass is 214 g/mol. The van der Waals surface area contributed by atoms with Crippen LogP contribution in [-0.4, -0.2) is 18.0 Å². The molecule has 1 aromatic carbocycles. The lowest BCUT2D eigenvalue weighted by Crippen LogP contribution is -2.38. The Morgan fingerprint density at radius 2 is 2.12 bits per heavy atom. The summed E-state index contributed by atoms with van der Waals surface area (Å²) >= 11 is 0. The van der Waals surface area contributed by atoms with Gasteiger partial charge in [-0.2, -0.15) is 5.26 Å². The fourth-order valence-electron chi connectivity index (χ4n) is 2.41. The van der Waals surface area contributed by atoms with Crippen molar-refractivity contribution in [1.82, 2.24) is 4.90 Å². The summed E-state index contributed by atoms with van der Waals surface area (Å²) in [6, 6.07) is 13.0. The first-order chi connectivity index (χ1) is 7.79. The number of likely N-dealkylation sites (tertiary alicyclic amines) is 1. The molecule has 1 aliphatic heterocycles. The van der Waals surface area contributed by atoms with Crippen molar-refractivity contribution in [2.24, 2.45) is 11.8 Å². The maximum atomic E-state index is 8.97. The predicted octanol–water partition coefficient (Wildman–Crippen LogP) is 2.67. The number of nitriles is 1. The molecule has 0 saturated carbocycles. The summed E-state index contributed by atoms with van der Waals surface area (Å²) in [5.41, 5.74) is 1.37. The van der Waals surface area contributed by atoms with Gasteiger partial charge >= 0.3 is 0 Å². The minimum absolute atomic E-state index is 0.257. The molecular weight excluding hydrogens is 196 g/mol. The van der Waals surface area contributed by atoms with Crippen LogP contribution in [0, 0.1) is 23.2 Å². The zero-order valence-corrected chi connectivity index (χ0v) is 9.76. The second-order valence-electron chi connectivity index (χ2n) is 4.72. The molecule has 84 valence electrons. The summed E-state index contributed by atoms with van der Waals surface area (Å²) in [6.07, 6.45) is 1.02. The van der Waals surface area contributed by atoms with E-state index in [9.17, 15) is 0 Å². The molecule has 0 spiro atoms. The van der Waals surface area contributed by atoms with Gasteiger partial charge in [0.2, 0.25) is 0 Å². The zero-order valence-electron chi connectivity index (χ0n) is 9.76. The summed E-state index contributed by atoms with van der Waals surface area (Å²) in [6.45, 7) is 5.30. The van der Waals surface area contributed by atoms with Crippen LogP contribution in [0.5, 0.6) is 0 Å². The van der Waals surface area contributed by atoms with Crippen molar-refractivity contribution in [3.05, 3.63) is 35.9 Å². The van der Waals surface area contributed by atoms with Gasteiger partial charge in [-0.25, -0.2) is 0 Å². The molecule has 1 aromatic rings. The Balaban J connectivity index is 1.92. The number of hydrogen-bond acceptors (Lipinski definition) is 2. The molecule has 16 heavy (non-hydrogen) atoms. The molecule has 2 heteroatoms. The Hall–Kier alpha value is -1.33. The molecule has 0 N–H and O–H groups in total. The molecule has 0 bridgehead atoms. The van der Waals surface area contributed by atoms with E-state index >= 15 is 0 Å². The van der Waals surface area contributed by atoms with E-state index in [2.05, 4.69) is 42.2 Å². The van der Waals surface area contributed by atoms with Crippen molar-refractivity contribution < 1.29 is 0 Å². The van der Waals surface area contributed by atoms with Gasteiger partial charge in [0.1, 0.15) is 0 Å². The molecule has 2 unspecified atom stereocenters. The standard InChI is InChI=1S/C14H18N2/c1-12-10-16(8-7-14(12)9-15)11-13-5-3-2-4-6-13/h2-6,12,14H,7-8,10-11H2,1H3. The van der Waals surface area contributed by atoms with Crippen molar-refractivity contribution in [2.75, 3.05) is 13.1 Å². The summed E-state index contributed by atoms with van der Waals surface area (Å²) in [7, 11) is 0. The van der Waals surface area contributed by atoms with E-state index in [0.717, 1.165) is 26.1 Å². The zero-order chi connectivity index (χ0) is 11.4. The number of benzene rings is 1. The fraction of sp³-hybridized carbons (Fsp3) is 0.500. The Morgan fingerprint density at radius 1 is 1.38 bits per heavy atom. The minimum atomic E-state index is 0.257. The molecule has 0 radical (unpaired) electrons. The van der Waals surface area contributed by atoms with Gasteiger partial charge in [-0.1, -0.05) is 37.3 Å². The van der Waals surface area contributed by atoms with Gasteiger partial charge in [0.05, 0.1) is 12.0 Å². The number of rotatable bonds is 2. The third kappa shape index (κ3) is 2.62. The number of hydrogen-bond donors (Lipinski definition) is 0. The smallest absolute Gasteiger partial charge is 0.0659 e. The van der Waals surface area contributed by atoms with Crippen molar-refractivity contribution in [1.29, 1.82) is 5.26 Å². The van der Waals surface area contributed by atoms with E-state index in [1.54, 1.807) is 0 Å². The van der Waals surface area contributed by atoms with Gasteiger partial charge in [0.25, 0.3) is 0 Å². The van der Waals surface area contributed by atoms with Crippen molar-refractivity contribution in [3.8, 4) is 6.07 Å². The van der Waals surface area contributed by atoms with Crippen LogP contribution < -0.4 is 0 Å². The van der Waals surface area contributed by atoms with Gasteiger partial charge in [-0.05, 0) is 24.4 Å². The second kappa shape index (κ2) is 5.14. The van der Waals surface area contributed by atoms with Crippen LogP contribution >= 0.6 is 0 Å². The molecular formula is C14H18N2. The topological polar surface area (TPSA) is 27.0 Å². The van der Waals surface area contributed by atoms with Gasteiger partial charge in [-0.3, -0.25) is 4.90 Å². The van der Waals surface area contributed by atoms with E-state index in [1.165, 1.54) is 5.56 Å². The van der Waals surface area contributed by atoms with Crippen LogP contribution in [-0.2, 0) is 6.54 Å². The first-order valence-corrected chi connectivity index (χ1v) is 5.95. The van der Waals surface area contributed by atoms with Gasteiger partial charge in [-0.15, -0.1) is 0 Å². The van der Waals surface area contributed by atoms with E-state index in [0.29, 0.717) is 5.92 Å². The maximum Gasteiger partial charge on any atom is 0.0659 e. The SMILES string of the molecule is CC1CN(Cc2ccccc2)CCC1C#N. The third-order valence-corrected chi connectivity index (χ3v) is 3.40. The lowest BCUT2D eigenvalue weighted by molar-refractivity contribution is 0.147. The van der Waals surface area contributed by atoms with E-state index in [1.807, 2.05) is 6.07 Å². The first kappa shape index (κ1) is 11.2. The van der Waals surface area contributed by atoms with Crippen LogP contribution in [0.25, 0.3) is 0 Å². The highest BCUT2D eigenvalue weighted by atomic mass is 15.1. The molecule has 1 fully saturated rings. The highest BCUT2D eigenvalue weighted by Gasteiger charge is 2.25. The van der Waals surface area contributed by atoms with E-state index in [-0.39, 0.29) is 5.92 Å². The number of piperidine rings is 1. The molecule has 2 nitrogen and oxygen atoms in total. The van der Waals surface area contributed by atoms with Gasteiger partial charge in [0.15, 0.2) is 0 Å². The van der Waals surface area contributed by atoms with E-state index < -0.39 is 0 Å². The fourth-order valence-corrected chi connectivity index (χ4v) is 2.41. The largest absolute Gasteiger partial charge is 0.299 e. The molecule has 1 saturated heterocycles. The Labute approximate surface area is 97.5 Å². The second-order valence-corrected chi connectivity index (χ2v) is 4.72. The molecule has 1 heterocycles. The first-order valence-electron chi connectivity index (χ1n) is 5.95. The van der Waals surface area contributed by atoms with E-state index in [4.69, 9.17) is 5.26 Å². The van der Waals surface area contributed by atoms with Gasteiger partial charge < -0.3 is 0 Å². The Bertz CT molecular complexity index is 366. The molecule has 0 aromatic heterocycles. The van der Waals surface area contributed by atoms with Crippen molar-refractivity contribution >= 4 is 0 Å². The Morgan fingerprint density at radius 3 is 2.75 bits per heavy atom. The molecule has 2 rings (SSSR count). The van der Waals surface area contributed by atoms with Crippen LogP contribution in [0.1, 0.15) is 18.9 Å². The maximum absolute atomic E-state index is 8.97. The quantitative estimate of drug-likeness (QED) is 0.756. The summed E-state index contributed by atoms with van der Waals surface area (Å²) < 4.78 is 0. The lowest BCUT2D eigenvalue weighted by atomic mass is 9.88. The van der Waals surface area contributed by atoms with Crippen LogP contribution in [0.4, 0.5) is 0 Å². The highest BCUT2D eigenvalue weighted by Crippen LogP contribution is 2.23. The minimum Gasteiger partial charge on any atom is -0.299 e. The lowest BCUT2D eigenvalue weighted by Gasteiger charge is -2.33. The summed E-state index contributed by atoms with van der Waals surface area (Å²) in [5.74, 6) is 0.759. The van der Waals surface area contributed by atoms with Crippen molar-refractivity contribution in [3.63, 3.8) is 0 Å². The Kier molecular flexibility index (Phi) is 3.58. The molecule has 1 aliphatic rings. The predicted molar refractivity (Wildman–Crippen MR) is 64.6 cm³/mol. The van der Waals surface area contributed by atoms with Crippen LogP contribution in [0.15, 0.2) is 30.3 Å². The van der Waals surface area contributed by atoms with Gasteiger partial charge in [0, 0.05) is 13.1 Å². The third-order valence-electron chi connectivity index (χ3n) is 3.40. The van der Waals surface area contributed by atoms with Crippen LogP contribution in [0.2, 0.25) is 0 Å². The summed E-state index contributed by atoms with van der Waals surface area (Å²) in [4.78, 5) is 2.45. The average molecular weight is 214 g/mol. The van der Waals surface area contributed by atoms with Crippen LogP contribution in [0.3, 0.4) is 0 Å². The average Bonchev–Trinajstić information content (AvgIpc) is 2.31.